The fraction of sp³-hybridized carbons (Fsp3) is 0.579. The number of hydrogen-bond acceptors (Lipinski definition) is 2. The van der Waals surface area contributed by atoms with Crippen LogP contribution < -0.4 is 10.6 Å². The number of aliphatic imine (C=N–C) groups is 1. The number of halogens is 1. The van der Waals surface area contributed by atoms with E-state index in [1.165, 1.54) is 42.4 Å². The van der Waals surface area contributed by atoms with Crippen molar-refractivity contribution in [1.82, 2.24) is 15.5 Å². The Morgan fingerprint density at radius 2 is 1.92 bits per heavy atom. The number of aryl methyl sites for hydroxylation is 2. The number of nitrogens with zero attached hydrogens (tertiary/aromatic N) is 2. The molecule has 1 aromatic rings. The Labute approximate surface area is 168 Å². The molecule has 0 saturated carbocycles. The molecule has 1 aliphatic rings. The van der Waals surface area contributed by atoms with Gasteiger partial charge in [0.1, 0.15) is 6.54 Å². The van der Waals surface area contributed by atoms with Gasteiger partial charge in [0.2, 0.25) is 5.91 Å². The molecule has 1 amide bonds. The van der Waals surface area contributed by atoms with Crippen LogP contribution in [0.15, 0.2) is 23.2 Å². The van der Waals surface area contributed by atoms with Crippen LogP contribution in [-0.4, -0.2) is 44.0 Å². The zero-order valence-electron chi connectivity index (χ0n) is 15.8. The van der Waals surface area contributed by atoms with Gasteiger partial charge in [0.25, 0.3) is 0 Å². The van der Waals surface area contributed by atoms with Gasteiger partial charge in [-0.3, -0.25) is 4.79 Å². The van der Waals surface area contributed by atoms with Gasteiger partial charge in [0, 0.05) is 20.6 Å². The fourth-order valence-corrected chi connectivity index (χ4v) is 2.92. The minimum absolute atomic E-state index is 0. The smallest absolute Gasteiger partial charge is 0.243 e. The lowest BCUT2D eigenvalue weighted by Gasteiger charge is -2.21. The van der Waals surface area contributed by atoms with Crippen molar-refractivity contribution in [3.05, 3.63) is 34.9 Å². The molecule has 0 bridgehead atoms. The average molecular weight is 458 g/mol. The fourth-order valence-electron chi connectivity index (χ4n) is 2.92. The van der Waals surface area contributed by atoms with Crippen molar-refractivity contribution in [3.8, 4) is 0 Å². The number of fused-ring (bicyclic) bond motifs is 1. The molecule has 1 aliphatic carbocycles. The lowest BCUT2D eigenvalue weighted by Crippen LogP contribution is -2.39. The van der Waals surface area contributed by atoms with Crippen molar-refractivity contribution in [3.63, 3.8) is 0 Å². The van der Waals surface area contributed by atoms with E-state index in [0.717, 1.165) is 6.54 Å². The molecular formula is C19H31IN4O. The number of carbonyl (C=O) groups excluding carboxylic acids is 1. The monoisotopic (exact) mass is 458 g/mol. The van der Waals surface area contributed by atoms with Crippen molar-refractivity contribution in [2.24, 2.45) is 4.99 Å². The lowest BCUT2D eigenvalue weighted by molar-refractivity contribution is -0.127. The molecule has 0 heterocycles. The van der Waals surface area contributed by atoms with Gasteiger partial charge >= 0.3 is 0 Å². The van der Waals surface area contributed by atoms with Gasteiger partial charge in [-0.15, -0.1) is 24.0 Å². The Morgan fingerprint density at radius 1 is 1.24 bits per heavy atom. The number of likely N-dealkylation sites (N-methyl/N-ethyl adjacent to an activating group) is 1. The predicted octanol–water partition coefficient (Wildman–Crippen LogP) is 2.89. The Kier molecular flexibility index (Phi) is 9.24. The Balaban J connectivity index is 0.00000312. The topological polar surface area (TPSA) is 56.7 Å². The molecule has 0 fully saturated rings. The SMILES string of the molecule is CCNC(=NCC(=O)N(C)C)NC(C)c1ccc2c(c1)CCCC2.I. The molecule has 25 heavy (non-hydrogen) atoms. The number of guanidine groups is 1. The summed E-state index contributed by atoms with van der Waals surface area (Å²) >= 11 is 0. The van der Waals surface area contributed by atoms with E-state index in [4.69, 9.17) is 0 Å². The minimum atomic E-state index is -0.00589. The molecule has 1 aromatic carbocycles. The van der Waals surface area contributed by atoms with Gasteiger partial charge < -0.3 is 15.5 Å². The Bertz CT molecular complexity index is 601. The summed E-state index contributed by atoms with van der Waals surface area (Å²) in [7, 11) is 3.49. The quantitative estimate of drug-likeness (QED) is 0.406. The first-order valence-corrected chi connectivity index (χ1v) is 8.88. The molecule has 0 aromatic heterocycles. The summed E-state index contributed by atoms with van der Waals surface area (Å²) in [4.78, 5) is 17.7. The first-order chi connectivity index (χ1) is 11.5. The van der Waals surface area contributed by atoms with Gasteiger partial charge in [0.05, 0.1) is 6.04 Å². The van der Waals surface area contributed by atoms with Crippen LogP contribution in [0, 0.1) is 0 Å². The maximum atomic E-state index is 11.7. The Morgan fingerprint density at radius 3 is 2.56 bits per heavy atom. The minimum Gasteiger partial charge on any atom is -0.357 e. The molecule has 6 heteroatoms. The lowest BCUT2D eigenvalue weighted by atomic mass is 9.89. The van der Waals surface area contributed by atoms with Gasteiger partial charge in [-0.25, -0.2) is 4.99 Å². The maximum Gasteiger partial charge on any atom is 0.243 e. The van der Waals surface area contributed by atoms with Crippen molar-refractivity contribution >= 4 is 35.8 Å². The number of rotatable bonds is 5. The summed E-state index contributed by atoms with van der Waals surface area (Å²) < 4.78 is 0. The highest BCUT2D eigenvalue weighted by molar-refractivity contribution is 14.0. The van der Waals surface area contributed by atoms with Gasteiger partial charge in [-0.05, 0) is 56.2 Å². The van der Waals surface area contributed by atoms with Crippen molar-refractivity contribution in [2.45, 2.75) is 45.6 Å². The van der Waals surface area contributed by atoms with E-state index >= 15 is 0 Å². The molecule has 1 atom stereocenters. The van der Waals surface area contributed by atoms with Crippen LogP contribution >= 0.6 is 24.0 Å². The van der Waals surface area contributed by atoms with Crippen LogP contribution in [0.5, 0.6) is 0 Å². The number of hydrogen-bond donors (Lipinski definition) is 2. The van der Waals surface area contributed by atoms with E-state index in [1.54, 1.807) is 19.0 Å². The third-order valence-corrected chi connectivity index (χ3v) is 4.44. The molecule has 0 aliphatic heterocycles. The van der Waals surface area contributed by atoms with E-state index in [0.29, 0.717) is 5.96 Å². The van der Waals surface area contributed by atoms with Crippen molar-refractivity contribution in [2.75, 3.05) is 27.2 Å². The molecule has 5 nitrogen and oxygen atoms in total. The van der Waals surface area contributed by atoms with Gasteiger partial charge in [-0.1, -0.05) is 18.2 Å². The summed E-state index contributed by atoms with van der Waals surface area (Å²) in [5.74, 6) is 0.673. The first kappa shape index (κ1) is 21.7. The van der Waals surface area contributed by atoms with Crippen LogP contribution in [0.4, 0.5) is 0 Å². The van der Waals surface area contributed by atoms with Crippen molar-refractivity contribution < 1.29 is 4.79 Å². The zero-order chi connectivity index (χ0) is 17.5. The molecule has 2 rings (SSSR count). The highest BCUT2D eigenvalue weighted by Crippen LogP contribution is 2.24. The van der Waals surface area contributed by atoms with Crippen LogP contribution in [-0.2, 0) is 17.6 Å². The third-order valence-electron chi connectivity index (χ3n) is 4.44. The second-order valence-electron chi connectivity index (χ2n) is 6.58. The van der Waals surface area contributed by atoms with E-state index in [1.807, 2.05) is 6.92 Å². The highest BCUT2D eigenvalue weighted by atomic mass is 127. The van der Waals surface area contributed by atoms with E-state index in [-0.39, 0.29) is 42.5 Å². The zero-order valence-corrected chi connectivity index (χ0v) is 18.1. The number of carbonyl (C=O) groups is 1. The summed E-state index contributed by atoms with van der Waals surface area (Å²) in [6.45, 7) is 5.07. The third kappa shape index (κ3) is 6.49. The normalized spacial score (nSPS) is 14.8. The molecule has 0 saturated heterocycles. The van der Waals surface area contributed by atoms with Crippen LogP contribution in [0.25, 0.3) is 0 Å². The molecule has 140 valence electrons. The largest absolute Gasteiger partial charge is 0.357 e. The van der Waals surface area contributed by atoms with E-state index in [9.17, 15) is 4.79 Å². The molecule has 2 N–H and O–H groups in total. The summed E-state index contributed by atoms with van der Waals surface area (Å²) in [5, 5.41) is 6.61. The molecule has 1 unspecified atom stereocenters. The van der Waals surface area contributed by atoms with Crippen LogP contribution in [0.2, 0.25) is 0 Å². The standard InChI is InChI=1S/C19H30N4O.HI/c1-5-20-19(21-13-18(24)23(3)4)22-14(2)16-11-10-15-8-6-7-9-17(15)12-16;/h10-12,14H,5-9,13H2,1-4H3,(H2,20,21,22);1H. The second-order valence-corrected chi connectivity index (χ2v) is 6.58. The number of nitrogens with one attached hydrogen (secondary N) is 2. The number of benzene rings is 1. The van der Waals surface area contributed by atoms with Crippen LogP contribution in [0.3, 0.4) is 0 Å². The van der Waals surface area contributed by atoms with Crippen LogP contribution in [0.1, 0.15) is 49.4 Å². The van der Waals surface area contributed by atoms with E-state index in [2.05, 4.69) is 40.7 Å². The van der Waals surface area contributed by atoms with Gasteiger partial charge in [-0.2, -0.15) is 0 Å². The number of amides is 1. The van der Waals surface area contributed by atoms with E-state index < -0.39 is 0 Å². The Hall–Kier alpha value is -1.31. The summed E-state index contributed by atoms with van der Waals surface area (Å²) in [6.07, 6.45) is 4.97. The average Bonchev–Trinajstić information content (AvgIpc) is 2.58. The molecule has 0 spiro atoms. The van der Waals surface area contributed by atoms with Gasteiger partial charge in [0.15, 0.2) is 5.96 Å². The second kappa shape index (κ2) is 10.6. The summed E-state index contributed by atoms with van der Waals surface area (Å²) in [6, 6.07) is 6.93. The predicted molar refractivity (Wildman–Crippen MR) is 115 cm³/mol. The summed E-state index contributed by atoms with van der Waals surface area (Å²) in [5.41, 5.74) is 4.24. The molecule has 0 radical (unpaired) electrons. The first-order valence-electron chi connectivity index (χ1n) is 8.88. The van der Waals surface area contributed by atoms with Crippen molar-refractivity contribution in [1.29, 1.82) is 0 Å². The molecular weight excluding hydrogens is 427 g/mol. The highest BCUT2D eigenvalue weighted by Gasteiger charge is 2.13. The maximum absolute atomic E-state index is 11.7.